The summed E-state index contributed by atoms with van der Waals surface area (Å²) in [5, 5.41) is 0. The van der Waals surface area contributed by atoms with Crippen molar-refractivity contribution in [3.63, 3.8) is 0 Å². The molecule has 0 aromatic heterocycles. The van der Waals surface area contributed by atoms with E-state index in [1.165, 1.54) is 18.2 Å². The fraction of sp³-hybridized carbons (Fsp3) is 0.632. The van der Waals surface area contributed by atoms with Gasteiger partial charge in [-0.15, -0.1) is 0 Å². The van der Waals surface area contributed by atoms with E-state index in [2.05, 4.69) is 4.90 Å². The third-order valence-corrected chi connectivity index (χ3v) is 4.93. The number of esters is 1. The van der Waals surface area contributed by atoms with Crippen LogP contribution in [-0.2, 0) is 9.47 Å². The molecule has 3 rings (SSSR count). The predicted molar refractivity (Wildman–Crippen MR) is 91.4 cm³/mol. The minimum absolute atomic E-state index is 0.132. The minimum Gasteiger partial charge on any atom is -0.484 e. The molecule has 1 aliphatic heterocycles. The number of halogens is 1. The van der Waals surface area contributed by atoms with Gasteiger partial charge in [0.25, 0.3) is 0 Å². The molecule has 6 heteroatoms. The van der Waals surface area contributed by atoms with Crippen LogP contribution in [0.25, 0.3) is 0 Å². The molecule has 0 atom stereocenters. The van der Waals surface area contributed by atoms with Crippen molar-refractivity contribution in [3.05, 3.63) is 29.6 Å². The highest BCUT2D eigenvalue weighted by Crippen LogP contribution is 2.35. The van der Waals surface area contributed by atoms with Crippen LogP contribution in [0.3, 0.4) is 0 Å². The van der Waals surface area contributed by atoms with Crippen molar-refractivity contribution in [3.8, 4) is 5.75 Å². The third kappa shape index (κ3) is 4.92. The van der Waals surface area contributed by atoms with Gasteiger partial charge in [-0.25, -0.2) is 9.18 Å². The van der Waals surface area contributed by atoms with Crippen LogP contribution in [0.1, 0.15) is 43.0 Å². The number of benzene rings is 1. The highest BCUT2D eigenvalue weighted by atomic mass is 19.1. The molecule has 5 nitrogen and oxygen atoms in total. The molecule has 2 aliphatic rings. The number of rotatable bonds is 6. The second-order valence-corrected chi connectivity index (χ2v) is 6.99. The van der Waals surface area contributed by atoms with Crippen LogP contribution >= 0.6 is 0 Å². The van der Waals surface area contributed by atoms with E-state index in [1.807, 2.05) is 6.92 Å². The Balaban J connectivity index is 1.55. The van der Waals surface area contributed by atoms with E-state index in [0.717, 1.165) is 38.8 Å². The second-order valence-electron chi connectivity index (χ2n) is 6.99. The lowest BCUT2D eigenvalue weighted by Gasteiger charge is -2.26. The summed E-state index contributed by atoms with van der Waals surface area (Å²) in [6, 6.07) is 4.17. The molecule has 0 amide bonds. The maximum Gasteiger partial charge on any atom is 0.338 e. The van der Waals surface area contributed by atoms with E-state index < -0.39 is 11.8 Å². The van der Waals surface area contributed by atoms with Crippen molar-refractivity contribution in [2.45, 2.75) is 38.2 Å². The van der Waals surface area contributed by atoms with Crippen molar-refractivity contribution in [2.75, 3.05) is 39.5 Å². The molecule has 25 heavy (non-hydrogen) atoms. The first-order chi connectivity index (χ1) is 12.1. The molecule has 2 fully saturated rings. The highest BCUT2D eigenvalue weighted by Gasteiger charge is 2.31. The molecule has 0 radical (unpaired) electrons. The molecular formula is C19H26FNO4. The van der Waals surface area contributed by atoms with Crippen molar-refractivity contribution in [1.82, 2.24) is 4.90 Å². The number of carbonyl (C=O) groups excluding carboxylic acids is 1. The summed E-state index contributed by atoms with van der Waals surface area (Å²) in [5.41, 5.74) is -0.0281. The average Bonchev–Trinajstić information content (AvgIpc) is 3.04. The zero-order valence-electron chi connectivity index (χ0n) is 14.8. The first-order valence-corrected chi connectivity index (χ1v) is 9.02. The quantitative estimate of drug-likeness (QED) is 0.738. The van der Waals surface area contributed by atoms with Gasteiger partial charge in [0.15, 0.2) is 11.6 Å². The fourth-order valence-electron chi connectivity index (χ4n) is 3.37. The number of morpholine rings is 1. The lowest BCUT2D eigenvalue weighted by molar-refractivity contribution is 0.0195. The molecule has 1 heterocycles. The molecule has 138 valence electrons. The number of nitrogens with zero attached hydrogens (tertiary/aromatic N) is 1. The van der Waals surface area contributed by atoms with E-state index in [0.29, 0.717) is 31.9 Å². The predicted octanol–water partition coefficient (Wildman–Crippen LogP) is 3.03. The normalized spacial score (nSPS) is 20.4. The summed E-state index contributed by atoms with van der Waals surface area (Å²) >= 11 is 0. The zero-order chi connectivity index (χ0) is 17.7. The van der Waals surface area contributed by atoms with Gasteiger partial charge in [0.2, 0.25) is 0 Å². The molecular weight excluding hydrogens is 325 g/mol. The van der Waals surface area contributed by atoms with Crippen LogP contribution in [-0.4, -0.2) is 55.9 Å². The van der Waals surface area contributed by atoms with Crippen molar-refractivity contribution >= 4 is 5.97 Å². The van der Waals surface area contributed by atoms with Gasteiger partial charge in [0.05, 0.1) is 18.8 Å². The Bertz CT molecular complexity index is 595. The van der Waals surface area contributed by atoms with Crippen LogP contribution in [0.5, 0.6) is 5.75 Å². The van der Waals surface area contributed by atoms with E-state index in [1.54, 1.807) is 0 Å². The van der Waals surface area contributed by atoms with Crippen molar-refractivity contribution in [2.24, 2.45) is 0 Å². The van der Waals surface area contributed by atoms with Crippen LogP contribution in [0.15, 0.2) is 18.2 Å². The first-order valence-electron chi connectivity index (χ1n) is 9.02. The van der Waals surface area contributed by atoms with E-state index in [4.69, 9.17) is 14.2 Å². The first kappa shape index (κ1) is 18.1. The molecule has 0 bridgehead atoms. The standard InChI is InChI=1S/C19H26FNO4/c1-19(6-2-3-7-19)25-17-14-15(4-5-16(17)20)18(22)24-13-10-21-8-11-23-12-9-21/h4-5,14H,2-3,6-13H2,1H3. The van der Waals surface area contributed by atoms with Crippen LogP contribution in [0.4, 0.5) is 4.39 Å². The lowest BCUT2D eigenvalue weighted by Crippen LogP contribution is -2.38. The minimum atomic E-state index is -0.449. The molecule has 1 saturated heterocycles. The topological polar surface area (TPSA) is 48.0 Å². The lowest BCUT2D eigenvalue weighted by atomic mass is 10.1. The fourth-order valence-corrected chi connectivity index (χ4v) is 3.37. The Morgan fingerprint density at radius 2 is 2.00 bits per heavy atom. The summed E-state index contributed by atoms with van der Waals surface area (Å²) in [5.74, 6) is -0.764. The number of hydrogen-bond acceptors (Lipinski definition) is 5. The van der Waals surface area contributed by atoms with E-state index in [-0.39, 0.29) is 11.4 Å². The van der Waals surface area contributed by atoms with Gasteiger partial charge < -0.3 is 14.2 Å². The molecule has 0 unspecified atom stereocenters. The summed E-state index contributed by atoms with van der Waals surface area (Å²) < 4.78 is 30.5. The summed E-state index contributed by atoms with van der Waals surface area (Å²) in [6.45, 7) is 6.11. The smallest absolute Gasteiger partial charge is 0.338 e. The molecule has 1 aliphatic carbocycles. The average molecular weight is 351 g/mol. The molecule has 1 aromatic carbocycles. The van der Waals surface area contributed by atoms with Gasteiger partial charge in [0.1, 0.15) is 12.2 Å². The summed E-state index contributed by atoms with van der Waals surface area (Å²) in [6.07, 6.45) is 3.98. The van der Waals surface area contributed by atoms with Crippen LogP contribution in [0.2, 0.25) is 0 Å². The Labute approximate surface area is 148 Å². The Morgan fingerprint density at radius 3 is 2.72 bits per heavy atom. The molecule has 0 spiro atoms. The maximum absolute atomic E-state index is 14.1. The number of ether oxygens (including phenoxy) is 3. The summed E-state index contributed by atoms with van der Waals surface area (Å²) in [4.78, 5) is 14.4. The molecule has 1 saturated carbocycles. The van der Waals surface area contributed by atoms with E-state index in [9.17, 15) is 9.18 Å². The second kappa shape index (κ2) is 8.15. The SMILES string of the molecule is CC1(Oc2cc(C(=O)OCCN3CCOCC3)ccc2F)CCCC1. The largest absolute Gasteiger partial charge is 0.484 e. The van der Waals surface area contributed by atoms with Gasteiger partial charge in [-0.05, 0) is 50.8 Å². The zero-order valence-corrected chi connectivity index (χ0v) is 14.8. The number of carbonyl (C=O) groups is 1. The van der Waals surface area contributed by atoms with Gasteiger partial charge in [0, 0.05) is 19.6 Å². The Kier molecular flexibility index (Phi) is 5.91. The maximum atomic E-state index is 14.1. The van der Waals surface area contributed by atoms with Crippen LogP contribution < -0.4 is 4.74 Å². The Morgan fingerprint density at radius 1 is 1.28 bits per heavy atom. The van der Waals surface area contributed by atoms with Gasteiger partial charge >= 0.3 is 5.97 Å². The summed E-state index contributed by atoms with van der Waals surface area (Å²) in [7, 11) is 0. The van der Waals surface area contributed by atoms with Gasteiger partial charge in [-0.1, -0.05) is 0 Å². The van der Waals surface area contributed by atoms with Crippen LogP contribution in [0, 0.1) is 5.82 Å². The highest BCUT2D eigenvalue weighted by molar-refractivity contribution is 5.89. The number of hydrogen-bond donors (Lipinski definition) is 0. The van der Waals surface area contributed by atoms with Gasteiger partial charge in [-0.2, -0.15) is 0 Å². The van der Waals surface area contributed by atoms with Gasteiger partial charge in [-0.3, -0.25) is 4.90 Å². The molecule has 0 N–H and O–H groups in total. The molecule has 1 aromatic rings. The monoisotopic (exact) mass is 351 g/mol. The van der Waals surface area contributed by atoms with Crippen molar-refractivity contribution in [1.29, 1.82) is 0 Å². The van der Waals surface area contributed by atoms with Crippen molar-refractivity contribution < 1.29 is 23.4 Å². The van der Waals surface area contributed by atoms with E-state index >= 15 is 0 Å². The third-order valence-electron chi connectivity index (χ3n) is 4.93. The Hall–Kier alpha value is -1.66.